The number of hydrogen-bond donors (Lipinski definition) is 2. The average Bonchev–Trinajstić information content (AvgIpc) is 3.55. The van der Waals surface area contributed by atoms with Crippen molar-refractivity contribution in [3.63, 3.8) is 0 Å². The topological polar surface area (TPSA) is 112 Å². The minimum absolute atomic E-state index is 0.00942. The van der Waals surface area contributed by atoms with Crippen molar-refractivity contribution in [2.45, 2.75) is 52.5 Å². The molecule has 0 spiro atoms. The van der Waals surface area contributed by atoms with Gasteiger partial charge in [-0.15, -0.1) is 0 Å². The third-order valence-electron chi connectivity index (χ3n) is 6.88. The Balaban J connectivity index is 1.49. The van der Waals surface area contributed by atoms with Crippen LogP contribution in [0.5, 0.6) is 17.2 Å². The molecule has 0 amide bonds. The van der Waals surface area contributed by atoms with Gasteiger partial charge < -0.3 is 29.1 Å². The highest BCUT2D eigenvalue weighted by atomic mass is 19.1. The van der Waals surface area contributed by atoms with Crippen LogP contribution in [0.4, 0.5) is 10.1 Å². The SMILES string of the molecule is CCOc1cc2c(c(F)c1OCC)C(=N)N(CC(=O)c1ccc(OCCCCC(=O)O)c(N3CCCC3)c1)C2. The number of ether oxygens (including phenoxy) is 3. The number of amidine groups is 1. The number of nitrogens with one attached hydrogen (secondary N) is 1. The van der Waals surface area contributed by atoms with Crippen LogP contribution in [0.1, 0.15) is 67.4 Å². The molecule has 4 rings (SSSR count). The summed E-state index contributed by atoms with van der Waals surface area (Å²) < 4.78 is 32.4. The van der Waals surface area contributed by atoms with Gasteiger partial charge in [-0.1, -0.05) is 0 Å². The number of carbonyl (C=O) groups excluding carboxylic acids is 1. The maximum Gasteiger partial charge on any atom is 0.303 e. The molecule has 2 aromatic rings. The van der Waals surface area contributed by atoms with Crippen molar-refractivity contribution in [2.75, 3.05) is 44.4 Å². The van der Waals surface area contributed by atoms with Gasteiger partial charge >= 0.3 is 5.97 Å². The summed E-state index contributed by atoms with van der Waals surface area (Å²) in [4.78, 5) is 27.9. The number of unbranched alkanes of at least 4 members (excludes halogenated alkanes) is 1. The van der Waals surface area contributed by atoms with E-state index in [0.29, 0.717) is 48.7 Å². The van der Waals surface area contributed by atoms with Crippen LogP contribution < -0.4 is 19.1 Å². The first kappa shape index (κ1) is 28.2. The molecule has 39 heavy (non-hydrogen) atoms. The molecule has 0 radical (unpaired) electrons. The van der Waals surface area contributed by atoms with Crippen LogP contribution in [-0.4, -0.2) is 67.0 Å². The number of nitrogens with zero attached hydrogens (tertiary/aromatic N) is 2. The Hall–Kier alpha value is -3.82. The zero-order valence-corrected chi connectivity index (χ0v) is 22.6. The van der Waals surface area contributed by atoms with Gasteiger partial charge in [0.1, 0.15) is 11.6 Å². The number of carboxylic acid groups (broad SMARTS) is 1. The second-order valence-electron chi connectivity index (χ2n) is 9.62. The largest absolute Gasteiger partial charge is 0.491 e. The van der Waals surface area contributed by atoms with Gasteiger partial charge in [-0.05, 0) is 69.4 Å². The molecular weight excluding hydrogens is 505 g/mol. The van der Waals surface area contributed by atoms with Crippen molar-refractivity contribution in [1.29, 1.82) is 5.41 Å². The third-order valence-corrected chi connectivity index (χ3v) is 6.88. The molecule has 9 nitrogen and oxygen atoms in total. The fourth-order valence-corrected chi connectivity index (χ4v) is 5.00. The molecule has 0 aliphatic carbocycles. The average molecular weight is 542 g/mol. The summed E-state index contributed by atoms with van der Waals surface area (Å²) in [5, 5.41) is 17.4. The quantitative estimate of drug-likeness (QED) is 0.257. The van der Waals surface area contributed by atoms with E-state index in [0.717, 1.165) is 31.6 Å². The monoisotopic (exact) mass is 541 g/mol. The third kappa shape index (κ3) is 6.43. The Labute approximate surface area is 228 Å². The van der Waals surface area contributed by atoms with Crippen LogP contribution in [-0.2, 0) is 11.3 Å². The standard InChI is InChI=1S/C29H36FN3O6/c1-3-37-24-16-20-17-33(29(31)26(20)27(30)28(24)38-4-2)18-22(34)19-10-11-23(39-14-8-5-9-25(35)36)21(15-19)32-12-6-7-13-32/h10-11,15-16,31H,3-9,12-14,17-18H2,1-2H3,(H,35,36). The summed E-state index contributed by atoms with van der Waals surface area (Å²) >= 11 is 0. The summed E-state index contributed by atoms with van der Waals surface area (Å²) in [6.07, 6.45) is 3.37. The summed E-state index contributed by atoms with van der Waals surface area (Å²) in [5.41, 5.74) is 2.05. The van der Waals surface area contributed by atoms with Crippen LogP contribution in [0.3, 0.4) is 0 Å². The molecule has 0 bridgehead atoms. The molecule has 2 aliphatic rings. The fraction of sp³-hybridized carbons (Fsp3) is 0.483. The molecular formula is C29H36FN3O6. The van der Waals surface area contributed by atoms with Crippen molar-refractivity contribution in [3.8, 4) is 17.2 Å². The van der Waals surface area contributed by atoms with Crippen LogP contribution in [0.2, 0.25) is 0 Å². The van der Waals surface area contributed by atoms with Gasteiger partial charge in [-0.3, -0.25) is 15.0 Å². The van der Waals surface area contributed by atoms with Crippen LogP contribution in [0.25, 0.3) is 0 Å². The fourth-order valence-electron chi connectivity index (χ4n) is 5.00. The zero-order valence-electron chi connectivity index (χ0n) is 22.6. The lowest BCUT2D eigenvalue weighted by molar-refractivity contribution is -0.137. The van der Waals surface area contributed by atoms with Crippen molar-refractivity contribution < 1.29 is 33.3 Å². The number of rotatable bonds is 14. The van der Waals surface area contributed by atoms with E-state index < -0.39 is 11.8 Å². The molecule has 2 N–H and O–H groups in total. The summed E-state index contributed by atoms with van der Waals surface area (Å²) in [7, 11) is 0. The first-order valence-corrected chi connectivity index (χ1v) is 13.6. The molecule has 2 aliphatic heterocycles. The van der Waals surface area contributed by atoms with Crippen LogP contribution >= 0.6 is 0 Å². The van der Waals surface area contributed by atoms with E-state index in [2.05, 4.69) is 4.90 Å². The van der Waals surface area contributed by atoms with Gasteiger partial charge in [-0.25, -0.2) is 4.39 Å². The number of carboxylic acids is 1. The van der Waals surface area contributed by atoms with Crippen molar-refractivity contribution in [2.24, 2.45) is 0 Å². The number of fused-ring (bicyclic) bond motifs is 1. The minimum Gasteiger partial charge on any atom is -0.491 e. The molecule has 2 heterocycles. The van der Waals surface area contributed by atoms with Gasteiger partial charge in [0.25, 0.3) is 0 Å². The van der Waals surface area contributed by atoms with E-state index in [-0.39, 0.29) is 49.0 Å². The number of halogens is 1. The van der Waals surface area contributed by atoms with Crippen LogP contribution in [0.15, 0.2) is 24.3 Å². The minimum atomic E-state index is -0.822. The normalized spacial score (nSPS) is 14.5. The highest BCUT2D eigenvalue weighted by Gasteiger charge is 2.33. The van der Waals surface area contributed by atoms with Gasteiger partial charge in [0.05, 0.1) is 37.6 Å². The molecule has 210 valence electrons. The molecule has 1 fully saturated rings. The maximum absolute atomic E-state index is 15.4. The Kier molecular flexibility index (Phi) is 9.27. The van der Waals surface area contributed by atoms with E-state index >= 15 is 4.39 Å². The first-order valence-electron chi connectivity index (χ1n) is 13.6. The molecule has 0 atom stereocenters. The summed E-state index contributed by atoms with van der Waals surface area (Å²) in [5.74, 6) is -0.748. The van der Waals surface area contributed by atoms with Gasteiger partial charge in [0.2, 0.25) is 0 Å². The summed E-state index contributed by atoms with van der Waals surface area (Å²) in [6.45, 7) is 6.43. The second-order valence-corrected chi connectivity index (χ2v) is 9.62. The molecule has 0 aromatic heterocycles. The Morgan fingerprint density at radius 2 is 1.77 bits per heavy atom. The molecule has 0 saturated carbocycles. The molecule has 2 aromatic carbocycles. The molecule has 10 heteroatoms. The van der Waals surface area contributed by atoms with Crippen LogP contribution in [0, 0.1) is 11.2 Å². The number of aliphatic carboxylic acids is 1. The maximum atomic E-state index is 15.4. The predicted molar refractivity (Wildman–Crippen MR) is 145 cm³/mol. The number of carbonyl (C=O) groups is 2. The Bertz CT molecular complexity index is 1230. The predicted octanol–water partition coefficient (Wildman–Crippen LogP) is 4.88. The van der Waals surface area contributed by atoms with Crippen molar-refractivity contribution in [1.82, 2.24) is 4.90 Å². The summed E-state index contributed by atoms with van der Waals surface area (Å²) in [6, 6.07) is 7.01. The number of Topliss-reactive ketones (excluding diaryl/α,β-unsaturated/α-hetero) is 1. The van der Waals surface area contributed by atoms with E-state index in [9.17, 15) is 9.59 Å². The molecule has 1 saturated heterocycles. The van der Waals surface area contributed by atoms with Crippen molar-refractivity contribution in [3.05, 3.63) is 46.8 Å². The lowest BCUT2D eigenvalue weighted by atomic mass is 10.1. The van der Waals surface area contributed by atoms with Crippen molar-refractivity contribution >= 4 is 23.3 Å². The highest BCUT2D eigenvalue weighted by molar-refractivity contribution is 6.06. The smallest absolute Gasteiger partial charge is 0.303 e. The number of ketones is 1. The second kappa shape index (κ2) is 12.8. The first-order chi connectivity index (χ1) is 18.8. The molecule has 0 unspecified atom stereocenters. The number of benzene rings is 2. The highest BCUT2D eigenvalue weighted by Crippen LogP contribution is 2.39. The van der Waals surface area contributed by atoms with Gasteiger partial charge in [0.15, 0.2) is 23.1 Å². The lowest BCUT2D eigenvalue weighted by Crippen LogP contribution is -2.30. The lowest BCUT2D eigenvalue weighted by Gasteiger charge is -2.23. The van der Waals surface area contributed by atoms with E-state index in [1.54, 1.807) is 36.9 Å². The van der Waals surface area contributed by atoms with Gasteiger partial charge in [-0.2, -0.15) is 0 Å². The Morgan fingerprint density at radius 3 is 2.46 bits per heavy atom. The number of hydrogen-bond acceptors (Lipinski definition) is 7. The number of anilines is 1. The van der Waals surface area contributed by atoms with E-state index in [1.807, 2.05) is 6.07 Å². The zero-order chi connectivity index (χ0) is 27.9. The van der Waals surface area contributed by atoms with E-state index in [1.165, 1.54) is 0 Å². The van der Waals surface area contributed by atoms with Gasteiger partial charge in [0, 0.05) is 31.6 Å². The van der Waals surface area contributed by atoms with E-state index in [4.69, 9.17) is 24.7 Å². The Morgan fingerprint density at radius 1 is 1.03 bits per heavy atom.